The molecule has 0 saturated heterocycles. The molecule has 0 aromatic rings. The Balaban J connectivity index is 5.21. The van der Waals surface area contributed by atoms with Crippen LogP contribution < -0.4 is 0 Å². The number of hydrogen-bond acceptors (Lipinski definition) is 5. The summed E-state index contributed by atoms with van der Waals surface area (Å²) in [5, 5.41) is 19.9. The first-order valence-corrected chi connectivity index (χ1v) is 8.80. The first-order valence-electron chi connectivity index (χ1n) is 8.80. The predicted molar refractivity (Wildman–Crippen MR) is 101 cm³/mol. The van der Waals surface area contributed by atoms with Gasteiger partial charge in [0.15, 0.2) is 0 Å². The molecular weight excluding hydrogens is 320 g/mol. The zero-order chi connectivity index (χ0) is 19.2. The third kappa shape index (κ3) is 9.33. The number of aliphatic hydroxyl groups excluding tert-OH is 2. The Bertz CT molecular complexity index is 405. The largest absolute Gasteiger partial charge is 0.396 e. The van der Waals surface area contributed by atoms with Crippen molar-refractivity contribution in [2.24, 2.45) is 11.8 Å². The molecular formula is C20H36O5. The Kier molecular flexibility index (Phi) is 13.7. The molecule has 0 heterocycles. The molecule has 0 amide bonds. The van der Waals surface area contributed by atoms with Crippen molar-refractivity contribution in [1.29, 1.82) is 0 Å². The highest BCUT2D eigenvalue weighted by Gasteiger charge is 2.32. The van der Waals surface area contributed by atoms with E-state index in [1.54, 1.807) is 14.2 Å². The van der Waals surface area contributed by atoms with E-state index in [4.69, 9.17) is 14.2 Å². The van der Waals surface area contributed by atoms with Gasteiger partial charge >= 0.3 is 0 Å². The zero-order valence-electron chi connectivity index (χ0n) is 16.4. The Hall–Kier alpha value is -0.980. The highest BCUT2D eigenvalue weighted by atomic mass is 16.7. The molecule has 0 aromatic carbocycles. The third-order valence-electron chi connectivity index (χ3n) is 4.16. The summed E-state index contributed by atoms with van der Waals surface area (Å²) in [6.45, 7) is 9.58. The van der Waals surface area contributed by atoms with Crippen molar-refractivity contribution in [1.82, 2.24) is 0 Å². The minimum atomic E-state index is -0.699. The minimum absolute atomic E-state index is 0.00258. The second-order valence-electron chi connectivity index (χ2n) is 6.41. The fourth-order valence-corrected chi connectivity index (χ4v) is 2.65. The van der Waals surface area contributed by atoms with E-state index in [0.717, 1.165) is 18.4 Å². The lowest BCUT2D eigenvalue weighted by Crippen LogP contribution is -2.41. The van der Waals surface area contributed by atoms with Crippen molar-refractivity contribution in [3.63, 3.8) is 0 Å². The highest BCUT2D eigenvalue weighted by molar-refractivity contribution is 5.10. The van der Waals surface area contributed by atoms with E-state index in [1.807, 2.05) is 45.1 Å². The number of aliphatic hydroxyl groups is 2. The smallest absolute Gasteiger partial charge is 0.146 e. The second-order valence-corrected chi connectivity index (χ2v) is 6.41. The summed E-state index contributed by atoms with van der Waals surface area (Å²) in [6, 6.07) is 0. The lowest BCUT2D eigenvalue weighted by molar-refractivity contribution is -0.139. The Morgan fingerprint density at radius 3 is 2.40 bits per heavy atom. The van der Waals surface area contributed by atoms with E-state index < -0.39 is 6.10 Å². The van der Waals surface area contributed by atoms with Gasteiger partial charge in [0.25, 0.3) is 0 Å². The minimum Gasteiger partial charge on any atom is -0.396 e. The van der Waals surface area contributed by atoms with E-state index in [9.17, 15) is 10.2 Å². The standard InChI is InChI=1S/C20H36O5/c1-7-8-9-10-11-18(24-6)20(25-14-23-5)17(4)19(22)16(3)12-15(2)13-21/h7,10-12,15,17-22H,1,8-9,13-14H2,2-6H3/b11-10+,16-12+/t15-,17+,18-,19-,20-/m0/s1. The zero-order valence-corrected chi connectivity index (χ0v) is 16.4. The Morgan fingerprint density at radius 2 is 1.88 bits per heavy atom. The summed E-state index contributed by atoms with van der Waals surface area (Å²) in [5.41, 5.74) is 0.811. The Morgan fingerprint density at radius 1 is 1.20 bits per heavy atom. The summed E-state index contributed by atoms with van der Waals surface area (Å²) in [7, 11) is 3.19. The van der Waals surface area contributed by atoms with Gasteiger partial charge in [-0.05, 0) is 31.3 Å². The fraction of sp³-hybridized carbons (Fsp3) is 0.700. The summed E-state index contributed by atoms with van der Waals surface area (Å²) in [5.74, 6) is -0.219. The summed E-state index contributed by atoms with van der Waals surface area (Å²) >= 11 is 0. The molecule has 0 aliphatic heterocycles. The first kappa shape index (κ1) is 24.0. The molecule has 5 nitrogen and oxygen atoms in total. The van der Waals surface area contributed by atoms with Crippen molar-refractivity contribution in [2.45, 2.75) is 51.9 Å². The van der Waals surface area contributed by atoms with Gasteiger partial charge in [-0.25, -0.2) is 0 Å². The molecule has 0 spiro atoms. The van der Waals surface area contributed by atoms with Crippen LogP contribution in [0.2, 0.25) is 0 Å². The lowest BCUT2D eigenvalue weighted by atomic mass is 9.88. The van der Waals surface area contributed by atoms with Gasteiger partial charge in [0.05, 0.1) is 12.2 Å². The van der Waals surface area contributed by atoms with Crippen LogP contribution in [0.5, 0.6) is 0 Å². The van der Waals surface area contributed by atoms with E-state index in [1.165, 1.54) is 0 Å². The third-order valence-corrected chi connectivity index (χ3v) is 4.16. The second kappa shape index (κ2) is 14.2. The van der Waals surface area contributed by atoms with Crippen LogP contribution in [0.1, 0.15) is 33.6 Å². The highest BCUT2D eigenvalue weighted by Crippen LogP contribution is 2.24. The molecule has 25 heavy (non-hydrogen) atoms. The molecule has 0 bridgehead atoms. The molecule has 0 aliphatic rings. The monoisotopic (exact) mass is 356 g/mol. The number of hydrogen-bond donors (Lipinski definition) is 2. The first-order chi connectivity index (χ1) is 11.9. The SMILES string of the molecule is C=CCC/C=C/[C@H](OC)[C@@H](OCOC)[C@H](C)[C@@H](O)/C(C)=C/[C@H](C)CO. The van der Waals surface area contributed by atoms with Gasteiger partial charge in [-0.15, -0.1) is 6.58 Å². The summed E-state index contributed by atoms with van der Waals surface area (Å²) < 4.78 is 16.4. The molecule has 0 unspecified atom stereocenters. The van der Waals surface area contributed by atoms with Crippen molar-refractivity contribution >= 4 is 0 Å². The maximum Gasteiger partial charge on any atom is 0.146 e. The van der Waals surface area contributed by atoms with Crippen molar-refractivity contribution in [3.05, 3.63) is 36.5 Å². The molecule has 0 rings (SSSR count). The Labute approximate surface area is 153 Å². The van der Waals surface area contributed by atoms with Crippen molar-refractivity contribution < 1.29 is 24.4 Å². The summed E-state index contributed by atoms with van der Waals surface area (Å²) in [4.78, 5) is 0. The number of rotatable bonds is 14. The summed E-state index contributed by atoms with van der Waals surface area (Å²) in [6.07, 6.45) is 8.16. The molecule has 2 N–H and O–H groups in total. The van der Waals surface area contributed by atoms with Crippen LogP contribution >= 0.6 is 0 Å². The number of methoxy groups -OCH3 is 2. The van der Waals surface area contributed by atoms with Crippen LogP contribution in [0.25, 0.3) is 0 Å². The molecule has 0 aliphatic carbocycles. The van der Waals surface area contributed by atoms with Crippen LogP contribution in [-0.4, -0.2) is 56.1 Å². The maximum atomic E-state index is 10.7. The number of allylic oxidation sites excluding steroid dienone is 2. The number of unbranched alkanes of at least 4 members (excludes halogenated alkanes) is 1. The quantitative estimate of drug-likeness (QED) is 0.284. The molecule has 0 radical (unpaired) electrons. The van der Waals surface area contributed by atoms with Crippen LogP contribution in [-0.2, 0) is 14.2 Å². The van der Waals surface area contributed by atoms with Gasteiger partial charge in [0.2, 0.25) is 0 Å². The van der Waals surface area contributed by atoms with Gasteiger partial charge in [0, 0.05) is 26.7 Å². The molecule has 146 valence electrons. The van der Waals surface area contributed by atoms with Crippen molar-refractivity contribution in [3.8, 4) is 0 Å². The molecule has 0 saturated carbocycles. The van der Waals surface area contributed by atoms with Crippen LogP contribution in [0, 0.1) is 11.8 Å². The number of ether oxygens (including phenoxy) is 3. The average molecular weight is 357 g/mol. The molecule has 5 heteroatoms. The van der Waals surface area contributed by atoms with Gasteiger partial charge in [0.1, 0.15) is 12.9 Å². The molecule has 5 atom stereocenters. The van der Waals surface area contributed by atoms with E-state index >= 15 is 0 Å². The van der Waals surface area contributed by atoms with Gasteiger partial charge in [-0.2, -0.15) is 0 Å². The van der Waals surface area contributed by atoms with E-state index in [0.29, 0.717) is 0 Å². The topological polar surface area (TPSA) is 68.2 Å². The molecule has 0 aromatic heterocycles. The normalized spacial score (nSPS) is 18.8. The average Bonchev–Trinajstić information content (AvgIpc) is 2.62. The van der Waals surface area contributed by atoms with Crippen LogP contribution in [0.4, 0.5) is 0 Å². The van der Waals surface area contributed by atoms with Gasteiger partial charge in [-0.1, -0.05) is 38.2 Å². The van der Waals surface area contributed by atoms with Gasteiger partial charge in [-0.3, -0.25) is 0 Å². The van der Waals surface area contributed by atoms with E-state index in [2.05, 4.69) is 6.58 Å². The predicted octanol–water partition coefficient (Wildman–Crippen LogP) is 3.08. The maximum absolute atomic E-state index is 10.7. The van der Waals surface area contributed by atoms with E-state index in [-0.39, 0.29) is 37.4 Å². The fourth-order valence-electron chi connectivity index (χ4n) is 2.65. The van der Waals surface area contributed by atoms with Crippen LogP contribution in [0.15, 0.2) is 36.5 Å². The van der Waals surface area contributed by atoms with Gasteiger partial charge < -0.3 is 24.4 Å². The van der Waals surface area contributed by atoms with Crippen LogP contribution in [0.3, 0.4) is 0 Å². The lowest BCUT2D eigenvalue weighted by Gasteiger charge is -2.32. The molecule has 0 fully saturated rings. The van der Waals surface area contributed by atoms with Crippen molar-refractivity contribution in [2.75, 3.05) is 27.6 Å².